The van der Waals surface area contributed by atoms with Crippen molar-refractivity contribution in [3.8, 4) is 11.8 Å². The molecule has 0 spiro atoms. The minimum Gasteiger partial charge on any atom is -0.497 e. The number of hydrogen-bond acceptors (Lipinski definition) is 5. The standard InChI is InChI=1S/C24H19N3O2S/c1-29-20-12-10-17(11-13-20)15-27-23(28)21-8-4-5-9-22(21)26-24(27)30-16-19-7-3-2-6-18(19)14-25/h2-13H,15-16H2,1H3. The van der Waals surface area contributed by atoms with E-state index in [1.165, 1.54) is 11.8 Å². The molecule has 0 radical (unpaired) electrons. The van der Waals surface area contributed by atoms with E-state index in [1.54, 1.807) is 23.8 Å². The van der Waals surface area contributed by atoms with Gasteiger partial charge in [0.25, 0.3) is 5.56 Å². The van der Waals surface area contributed by atoms with Crippen LogP contribution in [0.4, 0.5) is 0 Å². The van der Waals surface area contributed by atoms with Crippen molar-refractivity contribution in [3.63, 3.8) is 0 Å². The Morgan fingerprint density at radius 3 is 2.53 bits per heavy atom. The number of ether oxygens (including phenoxy) is 1. The van der Waals surface area contributed by atoms with E-state index in [0.29, 0.717) is 33.9 Å². The lowest BCUT2D eigenvalue weighted by Gasteiger charge is -2.14. The van der Waals surface area contributed by atoms with Crippen LogP contribution in [0, 0.1) is 11.3 Å². The Kier molecular flexibility index (Phi) is 5.82. The molecular weight excluding hydrogens is 394 g/mol. The van der Waals surface area contributed by atoms with Crippen molar-refractivity contribution in [3.05, 3.63) is 99.8 Å². The molecule has 0 atom stereocenters. The van der Waals surface area contributed by atoms with Gasteiger partial charge in [0.15, 0.2) is 5.16 Å². The van der Waals surface area contributed by atoms with Crippen LogP contribution in [0.25, 0.3) is 10.9 Å². The third-order valence-electron chi connectivity index (χ3n) is 4.82. The van der Waals surface area contributed by atoms with Crippen LogP contribution in [0.5, 0.6) is 5.75 Å². The first-order valence-corrected chi connectivity index (χ1v) is 10.4. The van der Waals surface area contributed by atoms with E-state index < -0.39 is 0 Å². The van der Waals surface area contributed by atoms with Crippen molar-refractivity contribution in [2.24, 2.45) is 0 Å². The molecule has 0 saturated heterocycles. The largest absolute Gasteiger partial charge is 0.497 e. The number of methoxy groups -OCH3 is 1. The first kappa shape index (κ1) is 19.7. The molecule has 6 heteroatoms. The second-order valence-electron chi connectivity index (χ2n) is 6.71. The van der Waals surface area contributed by atoms with E-state index in [2.05, 4.69) is 6.07 Å². The van der Waals surface area contributed by atoms with Crippen molar-refractivity contribution in [1.29, 1.82) is 5.26 Å². The summed E-state index contributed by atoms with van der Waals surface area (Å²) >= 11 is 1.46. The van der Waals surface area contributed by atoms with Gasteiger partial charge in [0.1, 0.15) is 5.75 Å². The van der Waals surface area contributed by atoms with Crippen LogP contribution in [-0.2, 0) is 12.3 Å². The Balaban J connectivity index is 1.74. The molecule has 3 aromatic carbocycles. The van der Waals surface area contributed by atoms with Gasteiger partial charge in [0.05, 0.1) is 36.2 Å². The minimum atomic E-state index is -0.0764. The van der Waals surface area contributed by atoms with Gasteiger partial charge >= 0.3 is 0 Å². The van der Waals surface area contributed by atoms with Crippen molar-refractivity contribution in [2.75, 3.05) is 7.11 Å². The quantitative estimate of drug-likeness (QED) is 0.341. The van der Waals surface area contributed by atoms with Gasteiger partial charge in [0, 0.05) is 5.75 Å². The maximum Gasteiger partial charge on any atom is 0.262 e. The predicted molar refractivity (Wildman–Crippen MR) is 119 cm³/mol. The third kappa shape index (κ3) is 4.07. The Labute approximate surface area is 178 Å². The average Bonchev–Trinajstić information content (AvgIpc) is 2.80. The lowest BCUT2D eigenvalue weighted by Crippen LogP contribution is -2.24. The maximum absolute atomic E-state index is 13.2. The molecule has 5 nitrogen and oxygen atoms in total. The fraction of sp³-hybridized carbons (Fsp3) is 0.125. The molecule has 0 aliphatic heterocycles. The molecule has 0 amide bonds. The van der Waals surface area contributed by atoms with Gasteiger partial charge in [-0.15, -0.1) is 0 Å². The summed E-state index contributed by atoms with van der Waals surface area (Å²) in [6, 6.07) is 24.7. The molecule has 0 saturated carbocycles. The molecule has 0 N–H and O–H groups in total. The summed E-state index contributed by atoms with van der Waals surface area (Å²) < 4.78 is 6.92. The SMILES string of the molecule is COc1ccc(Cn2c(SCc3ccccc3C#N)nc3ccccc3c2=O)cc1. The number of nitriles is 1. The van der Waals surface area contributed by atoms with E-state index in [-0.39, 0.29) is 5.56 Å². The van der Waals surface area contributed by atoms with E-state index in [0.717, 1.165) is 16.9 Å². The Morgan fingerprint density at radius 2 is 1.77 bits per heavy atom. The molecule has 0 unspecified atom stereocenters. The highest BCUT2D eigenvalue weighted by Gasteiger charge is 2.13. The molecule has 0 aliphatic carbocycles. The van der Waals surface area contributed by atoms with Crippen LogP contribution < -0.4 is 10.3 Å². The molecule has 4 rings (SSSR count). The van der Waals surface area contributed by atoms with Gasteiger partial charge in [0.2, 0.25) is 0 Å². The second kappa shape index (κ2) is 8.85. The van der Waals surface area contributed by atoms with Crippen molar-refractivity contribution in [2.45, 2.75) is 17.5 Å². The van der Waals surface area contributed by atoms with Crippen LogP contribution in [0.3, 0.4) is 0 Å². The highest BCUT2D eigenvalue weighted by molar-refractivity contribution is 7.98. The summed E-state index contributed by atoms with van der Waals surface area (Å²) in [6.45, 7) is 0.406. The summed E-state index contributed by atoms with van der Waals surface area (Å²) in [6.07, 6.45) is 0. The first-order chi connectivity index (χ1) is 14.7. The van der Waals surface area contributed by atoms with Crippen molar-refractivity contribution >= 4 is 22.7 Å². The average molecular weight is 414 g/mol. The highest BCUT2D eigenvalue weighted by Crippen LogP contribution is 2.24. The molecule has 148 valence electrons. The second-order valence-corrected chi connectivity index (χ2v) is 7.65. The van der Waals surface area contributed by atoms with Gasteiger partial charge in [-0.2, -0.15) is 5.26 Å². The Morgan fingerprint density at radius 1 is 1.03 bits per heavy atom. The summed E-state index contributed by atoms with van der Waals surface area (Å²) in [5, 5.41) is 10.6. The fourth-order valence-electron chi connectivity index (χ4n) is 3.21. The van der Waals surface area contributed by atoms with Crippen LogP contribution in [-0.4, -0.2) is 16.7 Å². The first-order valence-electron chi connectivity index (χ1n) is 9.43. The number of hydrogen-bond donors (Lipinski definition) is 0. The number of fused-ring (bicyclic) bond motifs is 1. The number of nitrogens with zero attached hydrogens (tertiary/aromatic N) is 3. The summed E-state index contributed by atoms with van der Waals surface area (Å²) in [5.41, 5.74) is 3.13. The van der Waals surface area contributed by atoms with E-state index >= 15 is 0 Å². The van der Waals surface area contributed by atoms with E-state index in [1.807, 2.05) is 60.7 Å². The predicted octanol–water partition coefficient (Wildman–Crippen LogP) is 4.62. The Bertz CT molecular complexity index is 1290. The van der Waals surface area contributed by atoms with Crippen LogP contribution in [0.1, 0.15) is 16.7 Å². The number of rotatable bonds is 6. The molecular formula is C24H19N3O2S. The molecule has 0 aliphatic rings. The zero-order valence-electron chi connectivity index (χ0n) is 16.4. The van der Waals surface area contributed by atoms with Crippen molar-refractivity contribution in [1.82, 2.24) is 9.55 Å². The molecule has 1 aromatic heterocycles. The maximum atomic E-state index is 13.2. The minimum absolute atomic E-state index is 0.0764. The van der Waals surface area contributed by atoms with Gasteiger partial charge < -0.3 is 4.74 Å². The smallest absolute Gasteiger partial charge is 0.262 e. The van der Waals surface area contributed by atoms with E-state index in [9.17, 15) is 10.1 Å². The monoisotopic (exact) mass is 413 g/mol. The topological polar surface area (TPSA) is 67.9 Å². The summed E-state index contributed by atoms with van der Waals surface area (Å²) in [4.78, 5) is 18.0. The zero-order valence-corrected chi connectivity index (χ0v) is 17.2. The Hall–Kier alpha value is -3.56. The summed E-state index contributed by atoms with van der Waals surface area (Å²) in [5.74, 6) is 1.32. The van der Waals surface area contributed by atoms with E-state index in [4.69, 9.17) is 9.72 Å². The van der Waals surface area contributed by atoms with Gasteiger partial charge in [-0.05, 0) is 41.5 Å². The molecule has 0 bridgehead atoms. The molecule has 1 heterocycles. The number of para-hydroxylation sites is 1. The molecule has 30 heavy (non-hydrogen) atoms. The fourth-order valence-corrected chi connectivity index (χ4v) is 4.21. The third-order valence-corrected chi connectivity index (χ3v) is 5.85. The summed E-state index contributed by atoms with van der Waals surface area (Å²) in [7, 11) is 1.63. The lowest BCUT2D eigenvalue weighted by atomic mass is 10.1. The van der Waals surface area contributed by atoms with Gasteiger partial charge in [-0.1, -0.05) is 54.2 Å². The van der Waals surface area contributed by atoms with Crippen molar-refractivity contribution < 1.29 is 4.74 Å². The molecule has 0 fully saturated rings. The number of thioether (sulfide) groups is 1. The molecule has 4 aromatic rings. The highest BCUT2D eigenvalue weighted by atomic mass is 32.2. The van der Waals surface area contributed by atoms with Gasteiger partial charge in [-0.25, -0.2) is 4.98 Å². The van der Waals surface area contributed by atoms with Crippen LogP contribution >= 0.6 is 11.8 Å². The number of benzene rings is 3. The van der Waals surface area contributed by atoms with Crippen LogP contribution in [0.2, 0.25) is 0 Å². The zero-order chi connectivity index (χ0) is 20.9. The van der Waals surface area contributed by atoms with Gasteiger partial charge in [-0.3, -0.25) is 9.36 Å². The normalized spacial score (nSPS) is 10.7. The number of aromatic nitrogens is 2. The van der Waals surface area contributed by atoms with Crippen LogP contribution in [0.15, 0.2) is 82.7 Å². The lowest BCUT2D eigenvalue weighted by molar-refractivity contribution is 0.414.